The molecule has 0 amide bonds. The van der Waals surface area contributed by atoms with Crippen LogP contribution in [-0.2, 0) is 0 Å². The van der Waals surface area contributed by atoms with Crippen LogP contribution < -0.4 is 4.74 Å². The van der Waals surface area contributed by atoms with Gasteiger partial charge in [-0.2, -0.15) is 0 Å². The van der Waals surface area contributed by atoms with Crippen LogP contribution in [0.4, 0.5) is 0 Å². The Balaban J connectivity index is 0.000000396. The standard InChI is InChI=1S/C8H8N2O.C2H6/c1-11-8-6-4-2-3-5-7(6)9-10-8;1-2/h2-5H,1H3,(H,9,10);1-2H3. The van der Waals surface area contributed by atoms with Crippen molar-refractivity contribution in [2.24, 2.45) is 0 Å². The fourth-order valence-corrected chi connectivity index (χ4v) is 1.09. The minimum absolute atomic E-state index is 0.653. The second-order valence-corrected chi connectivity index (χ2v) is 2.28. The highest BCUT2D eigenvalue weighted by molar-refractivity contribution is 5.83. The van der Waals surface area contributed by atoms with Crippen LogP contribution >= 0.6 is 0 Å². The molecule has 0 aliphatic rings. The number of aromatic amines is 1. The van der Waals surface area contributed by atoms with Crippen LogP contribution in [0.2, 0.25) is 0 Å². The maximum absolute atomic E-state index is 5.03. The summed E-state index contributed by atoms with van der Waals surface area (Å²) in [5.74, 6) is 0.653. The first kappa shape index (κ1) is 9.58. The quantitative estimate of drug-likeness (QED) is 0.728. The topological polar surface area (TPSA) is 37.9 Å². The number of nitrogens with one attached hydrogen (secondary N) is 1. The molecule has 2 rings (SSSR count). The third-order valence-electron chi connectivity index (χ3n) is 1.63. The predicted molar refractivity (Wildman–Crippen MR) is 54.0 cm³/mol. The Morgan fingerprint density at radius 1 is 1.23 bits per heavy atom. The zero-order valence-corrected chi connectivity index (χ0v) is 8.16. The van der Waals surface area contributed by atoms with Crippen molar-refractivity contribution in [3.05, 3.63) is 24.3 Å². The van der Waals surface area contributed by atoms with Gasteiger partial charge >= 0.3 is 0 Å². The fourth-order valence-electron chi connectivity index (χ4n) is 1.09. The van der Waals surface area contributed by atoms with E-state index in [0.29, 0.717) is 5.88 Å². The molecule has 70 valence electrons. The summed E-state index contributed by atoms with van der Waals surface area (Å²) in [7, 11) is 1.61. The normalized spacial score (nSPS) is 9.15. The van der Waals surface area contributed by atoms with E-state index in [2.05, 4.69) is 10.2 Å². The Kier molecular flexibility index (Phi) is 3.31. The fraction of sp³-hybridized carbons (Fsp3) is 0.300. The number of aromatic nitrogens is 2. The molecule has 0 atom stereocenters. The molecule has 1 N–H and O–H groups in total. The van der Waals surface area contributed by atoms with E-state index in [0.717, 1.165) is 10.9 Å². The number of para-hydroxylation sites is 1. The number of fused-ring (bicyclic) bond motifs is 1. The molecule has 3 nitrogen and oxygen atoms in total. The summed E-state index contributed by atoms with van der Waals surface area (Å²) < 4.78 is 5.03. The first-order valence-corrected chi connectivity index (χ1v) is 4.39. The van der Waals surface area contributed by atoms with Crippen molar-refractivity contribution < 1.29 is 4.74 Å². The molecule has 0 saturated heterocycles. The number of nitrogens with zero attached hydrogens (tertiary/aromatic N) is 1. The molecular weight excluding hydrogens is 164 g/mol. The second kappa shape index (κ2) is 4.50. The van der Waals surface area contributed by atoms with E-state index in [9.17, 15) is 0 Å². The summed E-state index contributed by atoms with van der Waals surface area (Å²) in [6, 6.07) is 7.85. The van der Waals surface area contributed by atoms with E-state index in [4.69, 9.17) is 4.74 Å². The number of methoxy groups -OCH3 is 1. The van der Waals surface area contributed by atoms with E-state index < -0.39 is 0 Å². The van der Waals surface area contributed by atoms with Crippen molar-refractivity contribution in [2.45, 2.75) is 13.8 Å². The van der Waals surface area contributed by atoms with Crippen LogP contribution in [0.3, 0.4) is 0 Å². The van der Waals surface area contributed by atoms with Crippen LogP contribution in [-0.4, -0.2) is 17.3 Å². The first-order valence-electron chi connectivity index (χ1n) is 4.39. The smallest absolute Gasteiger partial charge is 0.240 e. The van der Waals surface area contributed by atoms with Gasteiger partial charge in [0.15, 0.2) is 0 Å². The Morgan fingerprint density at radius 3 is 2.62 bits per heavy atom. The van der Waals surface area contributed by atoms with Crippen LogP contribution in [0.5, 0.6) is 5.88 Å². The highest BCUT2D eigenvalue weighted by Gasteiger charge is 2.01. The maximum atomic E-state index is 5.03. The van der Waals surface area contributed by atoms with Gasteiger partial charge in [0, 0.05) is 0 Å². The van der Waals surface area contributed by atoms with Crippen LogP contribution in [0.15, 0.2) is 24.3 Å². The molecule has 13 heavy (non-hydrogen) atoms. The summed E-state index contributed by atoms with van der Waals surface area (Å²) >= 11 is 0. The zero-order valence-electron chi connectivity index (χ0n) is 8.16. The number of hydrogen-bond donors (Lipinski definition) is 1. The van der Waals surface area contributed by atoms with Gasteiger partial charge in [-0.05, 0) is 12.1 Å². The van der Waals surface area contributed by atoms with E-state index in [1.54, 1.807) is 7.11 Å². The molecule has 1 aromatic heterocycles. The lowest BCUT2D eigenvalue weighted by Gasteiger charge is -1.91. The SMILES string of the molecule is CC.COc1n[nH]c2ccccc12. The lowest BCUT2D eigenvalue weighted by Crippen LogP contribution is -1.81. The highest BCUT2D eigenvalue weighted by atomic mass is 16.5. The molecular formula is C10H14N2O. The van der Waals surface area contributed by atoms with Crippen LogP contribution in [0.25, 0.3) is 10.9 Å². The minimum atomic E-state index is 0.653. The van der Waals surface area contributed by atoms with Gasteiger partial charge in [0.05, 0.1) is 18.0 Å². The van der Waals surface area contributed by atoms with Gasteiger partial charge in [-0.25, -0.2) is 0 Å². The molecule has 0 aliphatic heterocycles. The van der Waals surface area contributed by atoms with Crippen molar-refractivity contribution >= 4 is 10.9 Å². The Bertz CT molecular complexity index is 368. The zero-order chi connectivity index (χ0) is 9.68. The molecule has 3 heteroatoms. The molecule has 0 spiro atoms. The summed E-state index contributed by atoms with van der Waals surface area (Å²) in [5.41, 5.74) is 1.00. The molecule has 1 aromatic carbocycles. The lowest BCUT2D eigenvalue weighted by atomic mass is 10.2. The average Bonchev–Trinajstić information content (AvgIpc) is 2.64. The Morgan fingerprint density at radius 2 is 1.92 bits per heavy atom. The maximum Gasteiger partial charge on any atom is 0.240 e. The van der Waals surface area contributed by atoms with E-state index in [1.165, 1.54) is 0 Å². The van der Waals surface area contributed by atoms with Gasteiger partial charge in [0.25, 0.3) is 0 Å². The first-order chi connectivity index (χ1) is 6.42. The molecule has 1 heterocycles. The van der Waals surface area contributed by atoms with Gasteiger partial charge in [-0.1, -0.05) is 26.0 Å². The predicted octanol–water partition coefficient (Wildman–Crippen LogP) is 2.60. The molecule has 0 bridgehead atoms. The number of ether oxygens (including phenoxy) is 1. The van der Waals surface area contributed by atoms with Crippen molar-refractivity contribution in [1.82, 2.24) is 10.2 Å². The van der Waals surface area contributed by atoms with Gasteiger partial charge in [-0.3, -0.25) is 5.10 Å². The van der Waals surface area contributed by atoms with Crippen molar-refractivity contribution in [3.63, 3.8) is 0 Å². The van der Waals surface area contributed by atoms with Gasteiger partial charge in [-0.15, -0.1) is 5.10 Å². The minimum Gasteiger partial charge on any atom is -0.480 e. The van der Waals surface area contributed by atoms with E-state index in [-0.39, 0.29) is 0 Å². The summed E-state index contributed by atoms with van der Waals surface area (Å²) in [5, 5.41) is 7.85. The third kappa shape index (κ3) is 1.80. The largest absolute Gasteiger partial charge is 0.480 e. The van der Waals surface area contributed by atoms with Crippen LogP contribution in [0, 0.1) is 0 Å². The monoisotopic (exact) mass is 178 g/mol. The Labute approximate surface area is 77.7 Å². The second-order valence-electron chi connectivity index (χ2n) is 2.28. The molecule has 2 aromatic rings. The third-order valence-corrected chi connectivity index (χ3v) is 1.63. The molecule has 0 saturated carbocycles. The van der Waals surface area contributed by atoms with Crippen molar-refractivity contribution in [1.29, 1.82) is 0 Å². The molecule has 0 unspecified atom stereocenters. The number of benzene rings is 1. The Hall–Kier alpha value is -1.51. The lowest BCUT2D eigenvalue weighted by molar-refractivity contribution is 0.401. The number of hydrogen-bond acceptors (Lipinski definition) is 2. The summed E-state index contributed by atoms with van der Waals surface area (Å²) in [6.45, 7) is 4.00. The summed E-state index contributed by atoms with van der Waals surface area (Å²) in [6.07, 6.45) is 0. The molecule has 0 radical (unpaired) electrons. The summed E-state index contributed by atoms with van der Waals surface area (Å²) in [4.78, 5) is 0. The van der Waals surface area contributed by atoms with Crippen LogP contribution in [0.1, 0.15) is 13.8 Å². The highest BCUT2D eigenvalue weighted by Crippen LogP contribution is 2.20. The van der Waals surface area contributed by atoms with Gasteiger partial charge in [0.1, 0.15) is 0 Å². The average molecular weight is 178 g/mol. The molecule has 0 fully saturated rings. The van der Waals surface area contributed by atoms with E-state index in [1.807, 2.05) is 38.1 Å². The van der Waals surface area contributed by atoms with Gasteiger partial charge < -0.3 is 4.74 Å². The van der Waals surface area contributed by atoms with Crippen molar-refractivity contribution in [3.8, 4) is 5.88 Å². The van der Waals surface area contributed by atoms with Crippen molar-refractivity contribution in [2.75, 3.05) is 7.11 Å². The van der Waals surface area contributed by atoms with E-state index >= 15 is 0 Å². The number of H-pyrrole nitrogens is 1. The number of rotatable bonds is 1. The molecule has 0 aliphatic carbocycles. The van der Waals surface area contributed by atoms with Gasteiger partial charge in [0.2, 0.25) is 5.88 Å².